The summed E-state index contributed by atoms with van der Waals surface area (Å²) < 4.78 is 32.3. The molecule has 2 aromatic rings. The van der Waals surface area contributed by atoms with Gasteiger partial charge in [0.05, 0.1) is 0 Å². The van der Waals surface area contributed by atoms with Gasteiger partial charge in [-0.2, -0.15) is 4.31 Å². The van der Waals surface area contributed by atoms with E-state index in [-0.39, 0.29) is 10.7 Å². The van der Waals surface area contributed by atoms with Gasteiger partial charge >= 0.3 is 0 Å². The number of nitrogens with one attached hydrogen (secondary N) is 1. The van der Waals surface area contributed by atoms with Crippen LogP contribution in [0.25, 0.3) is 6.08 Å². The maximum Gasteiger partial charge on any atom is 0.267 e. The number of anilines is 1. The van der Waals surface area contributed by atoms with Crippen molar-refractivity contribution in [2.45, 2.75) is 18.7 Å². The third-order valence-electron chi connectivity index (χ3n) is 4.61. The molecule has 1 aromatic heterocycles. The van der Waals surface area contributed by atoms with E-state index in [2.05, 4.69) is 10.1 Å². The number of hydrogen-bond acceptors (Lipinski definition) is 7. The van der Waals surface area contributed by atoms with Gasteiger partial charge in [0.25, 0.3) is 5.91 Å². The number of sulfonamides is 1. The number of hydrogen-bond donors (Lipinski definition) is 2. The lowest BCUT2D eigenvalue weighted by molar-refractivity contribution is -0.124. The molecule has 10 heteroatoms. The molecule has 3 rings (SSSR count). The van der Waals surface area contributed by atoms with Crippen molar-refractivity contribution in [1.29, 1.82) is 0 Å². The van der Waals surface area contributed by atoms with Gasteiger partial charge < -0.3 is 9.42 Å². The van der Waals surface area contributed by atoms with Crippen LogP contribution in [0.3, 0.4) is 0 Å². The van der Waals surface area contributed by atoms with Crippen molar-refractivity contribution in [1.82, 2.24) is 14.9 Å². The molecule has 1 saturated heterocycles. The van der Waals surface area contributed by atoms with Crippen molar-refractivity contribution in [2.24, 2.45) is 0 Å². The third-order valence-corrected chi connectivity index (χ3v) is 6.75. The van der Waals surface area contributed by atoms with Crippen molar-refractivity contribution < 1.29 is 22.9 Å². The number of aromatic nitrogens is 1. The largest absolute Gasteiger partial charge is 0.368 e. The summed E-state index contributed by atoms with van der Waals surface area (Å²) in [6, 6.07) is 7.49. The van der Waals surface area contributed by atoms with E-state index in [1.54, 1.807) is 25.4 Å². The van der Waals surface area contributed by atoms with Gasteiger partial charge in [0.2, 0.25) is 10.0 Å². The molecule has 1 amide bonds. The third kappa shape index (κ3) is 3.93. The van der Waals surface area contributed by atoms with Crippen LogP contribution < -0.4 is 10.4 Å². The number of carbonyl (C=O) groups is 1. The minimum atomic E-state index is -3.66. The predicted molar refractivity (Wildman–Crippen MR) is 102 cm³/mol. The molecular formula is C18H22N4O5S. The van der Waals surface area contributed by atoms with Crippen molar-refractivity contribution in [3.8, 4) is 0 Å². The molecule has 0 atom stereocenters. The molecule has 2 N–H and O–H groups in total. The normalized spacial score (nSPS) is 15.9. The van der Waals surface area contributed by atoms with Crippen molar-refractivity contribution in [3.63, 3.8) is 0 Å². The van der Waals surface area contributed by atoms with Crippen LogP contribution in [-0.2, 0) is 14.8 Å². The second-order valence-electron chi connectivity index (χ2n) is 6.41. The van der Waals surface area contributed by atoms with Gasteiger partial charge in [-0.1, -0.05) is 23.4 Å². The molecule has 0 spiro atoms. The Bertz CT molecular complexity index is 972. The molecule has 0 aliphatic carbocycles. The zero-order valence-corrected chi connectivity index (χ0v) is 16.4. The van der Waals surface area contributed by atoms with Crippen LogP contribution in [0, 0.1) is 13.8 Å². The summed E-state index contributed by atoms with van der Waals surface area (Å²) in [6.45, 7) is 4.85. The molecule has 1 aliphatic heterocycles. The summed E-state index contributed by atoms with van der Waals surface area (Å²) in [7, 11) is -3.66. The Hall–Kier alpha value is -2.69. The average molecular weight is 406 g/mol. The lowest BCUT2D eigenvalue weighted by atomic mass is 10.1. The van der Waals surface area contributed by atoms with Gasteiger partial charge in [-0.3, -0.25) is 10.0 Å². The van der Waals surface area contributed by atoms with Gasteiger partial charge in [-0.25, -0.2) is 13.9 Å². The maximum absolute atomic E-state index is 12.9. The Kier molecular flexibility index (Phi) is 5.82. The summed E-state index contributed by atoms with van der Waals surface area (Å²) in [6.07, 6.45) is 2.84. The molecule has 2 heterocycles. The van der Waals surface area contributed by atoms with E-state index in [4.69, 9.17) is 9.73 Å². The van der Waals surface area contributed by atoms with E-state index in [0.29, 0.717) is 31.9 Å². The lowest BCUT2D eigenvalue weighted by Crippen LogP contribution is -2.49. The monoisotopic (exact) mass is 406 g/mol. The topological polar surface area (TPSA) is 116 Å². The van der Waals surface area contributed by atoms with Gasteiger partial charge in [0.15, 0.2) is 5.76 Å². The molecule has 1 fully saturated rings. The summed E-state index contributed by atoms with van der Waals surface area (Å²) in [5, 5.41) is 12.4. The first-order valence-electron chi connectivity index (χ1n) is 8.73. The summed E-state index contributed by atoms with van der Waals surface area (Å²) in [4.78, 5) is 13.4. The quantitative estimate of drug-likeness (QED) is 0.437. The Morgan fingerprint density at radius 2 is 1.89 bits per heavy atom. The SMILES string of the molecule is Cc1noc(C)c1S(=O)(=O)N1CCN(c2ccccc2/C=C/C(=O)NO)CC1. The first-order chi connectivity index (χ1) is 13.3. The zero-order valence-electron chi connectivity index (χ0n) is 15.6. The second kappa shape index (κ2) is 8.13. The standard InChI is InChI=1S/C18H22N4O5S/c1-13-18(14(2)27-20-13)28(25,26)22-11-9-21(10-12-22)16-6-4-3-5-15(16)7-8-17(23)19-24/h3-8,24H,9-12H2,1-2H3,(H,19,23)/b8-7+. The predicted octanol–water partition coefficient (Wildman–Crippen LogP) is 1.32. The van der Waals surface area contributed by atoms with Crippen LogP contribution in [0.5, 0.6) is 0 Å². The van der Waals surface area contributed by atoms with Crippen LogP contribution in [-0.4, -0.2) is 55.2 Å². The van der Waals surface area contributed by atoms with Crippen molar-refractivity contribution in [2.75, 3.05) is 31.1 Å². The van der Waals surface area contributed by atoms with E-state index in [9.17, 15) is 13.2 Å². The smallest absolute Gasteiger partial charge is 0.267 e. The number of para-hydroxylation sites is 1. The van der Waals surface area contributed by atoms with Crippen molar-refractivity contribution in [3.05, 3.63) is 47.4 Å². The fourth-order valence-corrected chi connectivity index (χ4v) is 4.97. The van der Waals surface area contributed by atoms with E-state index in [1.165, 1.54) is 10.4 Å². The lowest BCUT2D eigenvalue weighted by Gasteiger charge is -2.36. The van der Waals surface area contributed by atoms with Gasteiger partial charge in [0, 0.05) is 37.9 Å². The van der Waals surface area contributed by atoms with Gasteiger partial charge in [-0.15, -0.1) is 0 Å². The molecule has 0 saturated carbocycles. The van der Waals surface area contributed by atoms with E-state index >= 15 is 0 Å². The molecule has 0 bridgehead atoms. The van der Waals surface area contributed by atoms with Crippen LogP contribution in [0.1, 0.15) is 17.0 Å². The minimum absolute atomic E-state index is 0.138. The van der Waals surface area contributed by atoms with E-state index in [1.807, 2.05) is 24.3 Å². The maximum atomic E-state index is 12.9. The summed E-state index contributed by atoms with van der Waals surface area (Å²) in [5.74, 6) is -0.331. The number of benzene rings is 1. The Morgan fingerprint density at radius 1 is 1.21 bits per heavy atom. The van der Waals surface area contributed by atoms with Crippen LogP contribution in [0.4, 0.5) is 5.69 Å². The molecule has 1 aliphatic rings. The fraction of sp³-hybridized carbons (Fsp3) is 0.333. The number of piperazine rings is 1. The Labute approximate surface area is 163 Å². The number of nitrogens with zero attached hydrogens (tertiary/aromatic N) is 3. The van der Waals surface area contributed by atoms with Crippen LogP contribution >= 0.6 is 0 Å². The van der Waals surface area contributed by atoms with Gasteiger partial charge in [-0.05, 0) is 31.6 Å². The molecule has 9 nitrogen and oxygen atoms in total. The second-order valence-corrected chi connectivity index (χ2v) is 8.29. The summed E-state index contributed by atoms with van der Waals surface area (Å²) >= 11 is 0. The first kappa shape index (κ1) is 20.1. The first-order valence-corrected chi connectivity index (χ1v) is 10.2. The van der Waals surface area contributed by atoms with Crippen LogP contribution in [0.2, 0.25) is 0 Å². The van der Waals surface area contributed by atoms with Crippen molar-refractivity contribution >= 4 is 27.7 Å². The Morgan fingerprint density at radius 3 is 2.50 bits per heavy atom. The molecule has 28 heavy (non-hydrogen) atoms. The molecule has 150 valence electrons. The number of carbonyl (C=O) groups excluding carboxylic acids is 1. The highest BCUT2D eigenvalue weighted by Gasteiger charge is 2.33. The molecule has 1 aromatic carbocycles. The fourth-order valence-electron chi connectivity index (χ4n) is 3.26. The van der Waals surface area contributed by atoms with E-state index in [0.717, 1.165) is 11.3 Å². The molecular weight excluding hydrogens is 384 g/mol. The highest BCUT2D eigenvalue weighted by atomic mass is 32.2. The Balaban J connectivity index is 1.76. The summed E-state index contributed by atoms with van der Waals surface area (Å²) in [5.41, 5.74) is 3.60. The van der Waals surface area contributed by atoms with Gasteiger partial charge in [0.1, 0.15) is 10.6 Å². The average Bonchev–Trinajstić information content (AvgIpc) is 3.05. The number of aryl methyl sites for hydroxylation is 2. The molecule has 0 unspecified atom stereocenters. The highest BCUT2D eigenvalue weighted by Crippen LogP contribution is 2.27. The van der Waals surface area contributed by atoms with Crippen LogP contribution in [0.15, 0.2) is 39.8 Å². The number of hydroxylamine groups is 1. The molecule has 0 radical (unpaired) electrons. The highest BCUT2D eigenvalue weighted by molar-refractivity contribution is 7.89. The van der Waals surface area contributed by atoms with E-state index < -0.39 is 15.9 Å². The number of rotatable bonds is 5. The zero-order chi connectivity index (χ0) is 20.3. The number of amides is 1. The minimum Gasteiger partial charge on any atom is -0.368 e.